The average molecular weight is 290 g/mol. The van der Waals surface area contributed by atoms with Crippen molar-refractivity contribution in [1.29, 1.82) is 0 Å². The molecule has 2 aromatic rings. The van der Waals surface area contributed by atoms with Crippen LogP contribution < -0.4 is 5.32 Å². The number of aliphatic hydroxyl groups is 1. The molecular formula is C14H11FN2O2S. The first-order valence-electron chi connectivity index (χ1n) is 5.73. The van der Waals surface area contributed by atoms with Crippen molar-refractivity contribution in [1.82, 2.24) is 4.98 Å². The molecule has 0 saturated carbocycles. The van der Waals surface area contributed by atoms with Gasteiger partial charge in [-0.05, 0) is 25.1 Å². The van der Waals surface area contributed by atoms with Crippen molar-refractivity contribution in [2.45, 2.75) is 6.92 Å². The Balaban J connectivity index is 2.19. The number of amides is 1. The third-order valence-corrected chi connectivity index (χ3v) is 3.15. The van der Waals surface area contributed by atoms with Crippen molar-refractivity contribution in [3.05, 3.63) is 45.7 Å². The molecule has 20 heavy (non-hydrogen) atoms. The number of hydrogen-bond acceptors (Lipinski definition) is 4. The van der Waals surface area contributed by atoms with Gasteiger partial charge in [0.2, 0.25) is 0 Å². The van der Waals surface area contributed by atoms with Crippen LogP contribution in [0.3, 0.4) is 0 Å². The van der Waals surface area contributed by atoms with Crippen molar-refractivity contribution >= 4 is 22.9 Å². The van der Waals surface area contributed by atoms with E-state index in [0.717, 1.165) is 5.01 Å². The molecule has 102 valence electrons. The lowest BCUT2D eigenvalue weighted by molar-refractivity contribution is 0.102. The molecule has 4 nitrogen and oxygen atoms in total. The number of carbonyl (C=O) groups excluding carboxylic acids is 1. The predicted molar refractivity (Wildman–Crippen MR) is 75.2 cm³/mol. The van der Waals surface area contributed by atoms with Gasteiger partial charge in [-0.15, -0.1) is 11.3 Å². The van der Waals surface area contributed by atoms with E-state index in [1.807, 2.05) is 6.92 Å². The summed E-state index contributed by atoms with van der Waals surface area (Å²) in [6, 6.07) is 4.06. The average Bonchev–Trinajstić information content (AvgIpc) is 2.86. The molecule has 0 unspecified atom stereocenters. The van der Waals surface area contributed by atoms with Gasteiger partial charge in [-0.1, -0.05) is 11.8 Å². The summed E-state index contributed by atoms with van der Waals surface area (Å²) in [4.78, 5) is 16.0. The van der Waals surface area contributed by atoms with Crippen LogP contribution in [0.25, 0.3) is 0 Å². The molecule has 1 heterocycles. The largest absolute Gasteiger partial charge is 0.384 e. The number of benzene rings is 1. The van der Waals surface area contributed by atoms with Gasteiger partial charge in [0.1, 0.15) is 18.1 Å². The van der Waals surface area contributed by atoms with Gasteiger partial charge in [0.15, 0.2) is 0 Å². The third kappa shape index (κ3) is 3.41. The number of nitrogens with one attached hydrogen (secondary N) is 1. The Kier molecular flexibility index (Phi) is 4.45. The molecule has 0 aliphatic rings. The number of halogens is 1. The van der Waals surface area contributed by atoms with Gasteiger partial charge in [0.05, 0.1) is 10.6 Å². The second kappa shape index (κ2) is 6.28. The van der Waals surface area contributed by atoms with Crippen molar-refractivity contribution in [3.63, 3.8) is 0 Å². The fourth-order valence-electron chi connectivity index (χ4n) is 1.50. The molecule has 0 aliphatic heterocycles. The summed E-state index contributed by atoms with van der Waals surface area (Å²) in [6.45, 7) is 1.45. The molecule has 0 spiro atoms. The fraction of sp³-hybridized carbons (Fsp3) is 0.143. The normalized spacial score (nSPS) is 9.75. The molecule has 0 bridgehead atoms. The van der Waals surface area contributed by atoms with Crippen LogP contribution in [0.4, 0.5) is 10.1 Å². The minimum absolute atomic E-state index is 0.117. The third-order valence-electron chi connectivity index (χ3n) is 2.38. The van der Waals surface area contributed by atoms with Crippen molar-refractivity contribution in [2.24, 2.45) is 0 Å². The maximum atomic E-state index is 13.4. The number of nitrogens with zero attached hydrogens (tertiary/aromatic N) is 1. The quantitative estimate of drug-likeness (QED) is 0.833. The summed E-state index contributed by atoms with van der Waals surface area (Å²) in [6.07, 6.45) is 0. The zero-order valence-electron chi connectivity index (χ0n) is 10.6. The summed E-state index contributed by atoms with van der Waals surface area (Å²) in [5.41, 5.74) is 0.857. The highest BCUT2D eigenvalue weighted by atomic mass is 32.1. The molecule has 1 amide bonds. The van der Waals surface area contributed by atoms with E-state index in [-0.39, 0.29) is 18.1 Å². The SMILES string of the molecule is Cc1nc(C(=O)Nc2ccc(F)c(C#CCO)c2)cs1. The molecule has 0 radical (unpaired) electrons. The fourth-order valence-corrected chi connectivity index (χ4v) is 2.09. The maximum absolute atomic E-state index is 13.4. The molecule has 0 atom stereocenters. The number of aliphatic hydroxyl groups excluding tert-OH is 1. The summed E-state index contributed by atoms with van der Waals surface area (Å²) < 4.78 is 13.4. The molecule has 2 N–H and O–H groups in total. The lowest BCUT2D eigenvalue weighted by Crippen LogP contribution is -2.12. The van der Waals surface area contributed by atoms with E-state index < -0.39 is 5.82 Å². The minimum Gasteiger partial charge on any atom is -0.384 e. The Hall–Kier alpha value is -2.23. The summed E-state index contributed by atoms with van der Waals surface area (Å²) >= 11 is 1.38. The highest BCUT2D eigenvalue weighted by Crippen LogP contribution is 2.16. The van der Waals surface area contributed by atoms with Crippen LogP contribution in [0.15, 0.2) is 23.6 Å². The summed E-state index contributed by atoms with van der Waals surface area (Å²) in [5.74, 6) is 3.98. The number of hydrogen-bond donors (Lipinski definition) is 2. The van der Waals surface area contributed by atoms with Crippen LogP contribution in [-0.4, -0.2) is 22.6 Å². The molecule has 1 aromatic heterocycles. The van der Waals surface area contributed by atoms with E-state index in [2.05, 4.69) is 22.1 Å². The van der Waals surface area contributed by atoms with Crippen LogP contribution >= 0.6 is 11.3 Å². The van der Waals surface area contributed by atoms with E-state index in [4.69, 9.17) is 5.11 Å². The van der Waals surface area contributed by atoms with E-state index in [9.17, 15) is 9.18 Å². The predicted octanol–water partition coefficient (Wildman–Crippen LogP) is 2.19. The van der Waals surface area contributed by atoms with Gasteiger partial charge >= 0.3 is 0 Å². The van der Waals surface area contributed by atoms with Gasteiger partial charge in [-0.3, -0.25) is 4.79 Å². The lowest BCUT2D eigenvalue weighted by atomic mass is 10.2. The maximum Gasteiger partial charge on any atom is 0.275 e. The number of aryl methyl sites for hydroxylation is 1. The first-order chi connectivity index (χ1) is 9.60. The highest BCUT2D eigenvalue weighted by Gasteiger charge is 2.10. The second-order valence-electron chi connectivity index (χ2n) is 3.86. The van der Waals surface area contributed by atoms with Crippen molar-refractivity contribution in [2.75, 3.05) is 11.9 Å². The van der Waals surface area contributed by atoms with Crippen LogP contribution in [0, 0.1) is 24.6 Å². The van der Waals surface area contributed by atoms with Gasteiger partial charge in [0.25, 0.3) is 5.91 Å². The Morgan fingerprint density at radius 3 is 3.00 bits per heavy atom. The number of anilines is 1. The summed E-state index contributed by atoms with van der Waals surface area (Å²) in [5, 5.41) is 13.7. The monoisotopic (exact) mass is 290 g/mol. The second-order valence-corrected chi connectivity index (χ2v) is 4.92. The van der Waals surface area contributed by atoms with E-state index in [0.29, 0.717) is 11.4 Å². The molecular weight excluding hydrogens is 279 g/mol. The van der Waals surface area contributed by atoms with Crippen LogP contribution in [0.1, 0.15) is 21.1 Å². The number of carbonyl (C=O) groups is 1. The summed E-state index contributed by atoms with van der Waals surface area (Å²) in [7, 11) is 0. The van der Waals surface area contributed by atoms with Crippen LogP contribution in [-0.2, 0) is 0 Å². The molecule has 1 aromatic carbocycles. The zero-order valence-corrected chi connectivity index (χ0v) is 11.4. The Bertz CT molecular complexity index is 701. The Morgan fingerprint density at radius 1 is 1.55 bits per heavy atom. The van der Waals surface area contributed by atoms with Gasteiger partial charge < -0.3 is 10.4 Å². The minimum atomic E-state index is -0.506. The van der Waals surface area contributed by atoms with E-state index >= 15 is 0 Å². The molecule has 0 fully saturated rings. The molecule has 0 saturated heterocycles. The standard InChI is InChI=1S/C14H11FN2O2S/c1-9-16-13(8-20-9)14(19)17-11-4-5-12(15)10(7-11)3-2-6-18/h4-5,7-8,18H,6H2,1H3,(H,17,19). The van der Waals surface area contributed by atoms with Crippen molar-refractivity contribution < 1.29 is 14.3 Å². The molecule has 2 rings (SSSR count). The van der Waals surface area contributed by atoms with Gasteiger partial charge in [-0.2, -0.15) is 0 Å². The first-order valence-corrected chi connectivity index (χ1v) is 6.61. The number of thiazole rings is 1. The van der Waals surface area contributed by atoms with Crippen LogP contribution in [0.5, 0.6) is 0 Å². The molecule has 6 heteroatoms. The zero-order chi connectivity index (χ0) is 14.5. The highest BCUT2D eigenvalue weighted by molar-refractivity contribution is 7.09. The van der Waals surface area contributed by atoms with Crippen molar-refractivity contribution in [3.8, 4) is 11.8 Å². The lowest BCUT2D eigenvalue weighted by Gasteiger charge is -2.04. The Morgan fingerprint density at radius 2 is 2.35 bits per heavy atom. The van der Waals surface area contributed by atoms with Gasteiger partial charge in [-0.25, -0.2) is 9.37 Å². The van der Waals surface area contributed by atoms with E-state index in [1.165, 1.54) is 29.5 Å². The Labute approximate surface area is 119 Å². The molecule has 0 aliphatic carbocycles. The smallest absolute Gasteiger partial charge is 0.275 e. The number of aromatic nitrogens is 1. The van der Waals surface area contributed by atoms with Gasteiger partial charge in [0, 0.05) is 11.1 Å². The van der Waals surface area contributed by atoms with Crippen LogP contribution in [0.2, 0.25) is 0 Å². The number of rotatable bonds is 2. The first kappa shape index (κ1) is 14.2. The van der Waals surface area contributed by atoms with E-state index in [1.54, 1.807) is 5.38 Å². The topological polar surface area (TPSA) is 62.2 Å².